The van der Waals surface area contributed by atoms with Crippen LogP contribution >= 0.6 is 0 Å². The number of benzene rings is 1. The molecule has 1 aliphatic heterocycles. The van der Waals surface area contributed by atoms with Gasteiger partial charge in [0.1, 0.15) is 18.2 Å². The van der Waals surface area contributed by atoms with Crippen LogP contribution in [0.25, 0.3) is 5.69 Å². The van der Waals surface area contributed by atoms with Crippen LogP contribution in [-0.2, 0) is 13.0 Å². The lowest BCUT2D eigenvalue weighted by atomic mass is 10.2. The van der Waals surface area contributed by atoms with E-state index in [9.17, 15) is 0 Å². The second-order valence-electron chi connectivity index (χ2n) is 4.02. The molecule has 17 heavy (non-hydrogen) atoms. The molecule has 1 aliphatic rings. The van der Waals surface area contributed by atoms with Gasteiger partial charge in [-0.2, -0.15) is 0 Å². The Bertz CT molecular complexity index is 535. The Morgan fingerprint density at radius 3 is 3.06 bits per heavy atom. The first-order valence-electron chi connectivity index (χ1n) is 5.75. The van der Waals surface area contributed by atoms with Crippen molar-refractivity contribution < 1.29 is 4.74 Å². The lowest BCUT2D eigenvalue weighted by Gasteiger charge is -2.19. The molecule has 1 aromatic heterocycles. The third kappa shape index (κ3) is 1.68. The van der Waals surface area contributed by atoms with Gasteiger partial charge in [0, 0.05) is 6.42 Å². The van der Waals surface area contributed by atoms with Gasteiger partial charge in [-0.1, -0.05) is 12.1 Å². The van der Waals surface area contributed by atoms with E-state index in [1.807, 2.05) is 24.3 Å². The molecule has 0 saturated carbocycles. The molecule has 2 aromatic rings. The second-order valence-corrected chi connectivity index (χ2v) is 4.02. The maximum Gasteiger partial charge on any atom is 0.175 e. The van der Waals surface area contributed by atoms with Gasteiger partial charge >= 0.3 is 0 Å². The summed E-state index contributed by atoms with van der Waals surface area (Å²) in [6.45, 7) is 1.15. The molecule has 0 amide bonds. The molecule has 0 fully saturated rings. The summed E-state index contributed by atoms with van der Waals surface area (Å²) in [5.41, 5.74) is 6.55. The minimum atomic E-state index is 0.479. The van der Waals surface area contributed by atoms with Crippen molar-refractivity contribution in [2.45, 2.75) is 19.4 Å². The predicted octanol–water partition coefficient (Wildman–Crippen LogP) is 1.05. The van der Waals surface area contributed by atoms with Gasteiger partial charge in [-0.15, -0.1) is 10.2 Å². The van der Waals surface area contributed by atoms with Crippen molar-refractivity contribution >= 4 is 0 Å². The molecule has 5 heteroatoms. The van der Waals surface area contributed by atoms with Crippen molar-refractivity contribution in [3.8, 4) is 11.4 Å². The fraction of sp³-hybridized carbons (Fsp3) is 0.333. The van der Waals surface area contributed by atoms with E-state index in [0.29, 0.717) is 13.2 Å². The molecule has 0 atom stereocenters. The molecule has 1 aromatic carbocycles. The Kier molecular flexibility index (Phi) is 2.53. The Balaban J connectivity index is 2.06. The maximum atomic E-state index is 5.62. The van der Waals surface area contributed by atoms with Crippen LogP contribution in [0.1, 0.15) is 18.1 Å². The topological polar surface area (TPSA) is 66.0 Å². The SMILES string of the molecule is NCCCc1nnc2n1-c1ccccc1OC2. The Hall–Kier alpha value is -1.88. The van der Waals surface area contributed by atoms with Gasteiger partial charge in [-0.25, -0.2) is 0 Å². The van der Waals surface area contributed by atoms with Crippen molar-refractivity contribution in [1.29, 1.82) is 0 Å². The van der Waals surface area contributed by atoms with E-state index in [4.69, 9.17) is 10.5 Å². The minimum Gasteiger partial charge on any atom is -0.483 e. The summed E-state index contributed by atoms with van der Waals surface area (Å²) in [7, 11) is 0. The normalized spacial score (nSPS) is 12.8. The molecule has 2 N–H and O–H groups in total. The predicted molar refractivity (Wildman–Crippen MR) is 63.1 cm³/mol. The summed E-state index contributed by atoms with van der Waals surface area (Å²) in [6.07, 6.45) is 1.76. The molecule has 2 heterocycles. The Morgan fingerprint density at radius 1 is 1.29 bits per heavy atom. The third-order valence-corrected chi connectivity index (χ3v) is 2.86. The zero-order valence-electron chi connectivity index (χ0n) is 9.47. The van der Waals surface area contributed by atoms with Gasteiger partial charge in [0.25, 0.3) is 0 Å². The number of fused-ring (bicyclic) bond motifs is 3. The number of para-hydroxylation sites is 2. The number of nitrogens with zero attached hydrogens (tertiary/aromatic N) is 3. The summed E-state index contributed by atoms with van der Waals surface area (Å²) in [5, 5.41) is 8.37. The van der Waals surface area contributed by atoms with Crippen LogP contribution in [0.2, 0.25) is 0 Å². The van der Waals surface area contributed by atoms with E-state index in [1.54, 1.807) is 0 Å². The molecular formula is C12H14N4O. The monoisotopic (exact) mass is 230 g/mol. The number of nitrogens with two attached hydrogens (primary N) is 1. The van der Waals surface area contributed by atoms with Crippen LogP contribution in [0, 0.1) is 0 Å². The molecule has 0 aliphatic carbocycles. The first-order valence-corrected chi connectivity index (χ1v) is 5.75. The lowest BCUT2D eigenvalue weighted by molar-refractivity contribution is 0.278. The van der Waals surface area contributed by atoms with E-state index in [1.165, 1.54) is 0 Å². The second kappa shape index (κ2) is 4.18. The average Bonchev–Trinajstić information content (AvgIpc) is 2.80. The highest BCUT2D eigenvalue weighted by Crippen LogP contribution is 2.29. The number of ether oxygens (including phenoxy) is 1. The van der Waals surface area contributed by atoms with Crippen molar-refractivity contribution in [1.82, 2.24) is 14.8 Å². The highest BCUT2D eigenvalue weighted by atomic mass is 16.5. The van der Waals surface area contributed by atoms with E-state index < -0.39 is 0 Å². The van der Waals surface area contributed by atoms with Gasteiger partial charge in [0.05, 0.1) is 5.69 Å². The van der Waals surface area contributed by atoms with Crippen molar-refractivity contribution in [3.05, 3.63) is 35.9 Å². The fourth-order valence-corrected chi connectivity index (χ4v) is 2.05. The van der Waals surface area contributed by atoms with Crippen molar-refractivity contribution in [3.63, 3.8) is 0 Å². The van der Waals surface area contributed by atoms with Crippen LogP contribution in [0.4, 0.5) is 0 Å². The maximum absolute atomic E-state index is 5.62. The number of hydrogen-bond acceptors (Lipinski definition) is 4. The number of rotatable bonds is 3. The Labute approximate surface area is 99.2 Å². The summed E-state index contributed by atoms with van der Waals surface area (Å²) in [5.74, 6) is 2.70. The number of aryl methyl sites for hydroxylation is 1. The summed E-state index contributed by atoms with van der Waals surface area (Å²) in [6, 6.07) is 7.94. The smallest absolute Gasteiger partial charge is 0.175 e. The highest BCUT2D eigenvalue weighted by Gasteiger charge is 2.21. The molecule has 3 rings (SSSR count). The quantitative estimate of drug-likeness (QED) is 0.856. The van der Waals surface area contributed by atoms with Crippen LogP contribution in [0.5, 0.6) is 5.75 Å². The summed E-state index contributed by atoms with van der Waals surface area (Å²) in [4.78, 5) is 0. The van der Waals surface area contributed by atoms with E-state index in [2.05, 4.69) is 14.8 Å². The minimum absolute atomic E-state index is 0.479. The standard InChI is InChI=1S/C12H14N4O/c13-7-3-6-11-14-15-12-8-17-10-5-2-1-4-9(10)16(11)12/h1-2,4-5H,3,6-8,13H2. The van der Waals surface area contributed by atoms with Crippen LogP contribution in [0.3, 0.4) is 0 Å². The van der Waals surface area contributed by atoms with Gasteiger partial charge in [-0.05, 0) is 25.1 Å². The fourth-order valence-electron chi connectivity index (χ4n) is 2.05. The lowest BCUT2D eigenvalue weighted by Crippen LogP contribution is -2.15. The molecule has 0 unspecified atom stereocenters. The zero-order valence-corrected chi connectivity index (χ0v) is 9.47. The zero-order chi connectivity index (χ0) is 11.7. The van der Waals surface area contributed by atoms with Gasteiger partial charge in [0.2, 0.25) is 0 Å². The molecule has 0 saturated heterocycles. The van der Waals surface area contributed by atoms with E-state index in [-0.39, 0.29) is 0 Å². The average molecular weight is 230 g/mol. The summed E-state index contributed by atoms with van der Waals surface area (Å²) >= 11 is 0. The molecule has 0 spiro atoms. The van der Waals surface area contributed by atoms with Crippen LogP contribution in [0.15, 0.2) is 24.3 Å². The highest BCUT2D eigenvalue weighted by molar-refractivity contribution is 5.49. The summed E-state index contributed by atoms with van der Waals surface area (Å²) < 4.78 is 7.70. The van der Waals surface area contributed by atoms with E-state index in [0.717, 1.165) is 35.9 Å². The Morgan fingerprint density at radius 2 is 2.18 bits per heavy atom. The van der Waals surface area contributed by atoms with Crippen LogP contribution in [-0.4, -0.2) is 21.3 Å². The molecule has 0 radical (unpaired) electrons. The molecule has 88 valence electrons. The van der Waals surface area contributed by atoms with Gasteiger partial charge < -0.3 is 10.5 Å². The largest absolute Gasteiger partial charge is 0.483 e. The van der Waals surface area contributed by atoms with Crippen molar-refractivity contribution in [2.24, 2.45) is 5.73 Å². The first-order chi connectivity index (χ1) is 8.40. The number of hydrogen-bond donors (Lipinski definition) is 1. The van der Waals surface area contributed by atoms with Gasteiger partial charge in [-0.3, -0.25) is 4.57 Å². The van der Waals surface area contributed by atoms with E-state index >= 15 is 0 Å². The molecular weight excluding hydrogens is 216 g/mol. The molecule has 0 bridgehead atoms. The first kappa shape index (κ1) is 10.3. The van der Waals surface area contributed by atoms with Gasteiger partial charge in [0.15, 0.2) is 5.82 Å². The van der Waals surface area contributed by atoms with Crippen LogP contribution < -0.4 is 10.5 Å². The molecule has 5 nitrogen and oxygen atoms in total. The van der Waals surface area contributed by atoms with Crippen molar-refractivity contribution in [2.75, 3.05) is 6.54 Å². The number of aromatic nitrogens is 3. The third-order valence-electron chi connectivity index (χ3n) is 2.86.